The Balaban J connectivity index is 1.61. The molecule has 0 aliphatic carbocycles. The lowest BCUT2D eigenvalue weighted by molar-refractivity contribution is 0.102. The second kappa shape index (κ2) is 8.65. The molecule has 31 heavy (non-hydrogen) atoms. The molecule has 0 saturated heterocycles. The van der Waals surface area contributed by atoms with Crippen LogP contribution in [0, 0.1) is 6.92 Å². The van der Waals surface area contributed by atoms with E-state index < -0.39 is 5.91 Å². The molecular weight excluding hydrogens is 394 g/mol. The number of ether oxygens (including phenoxy) is 2. The summed E-state index contributed by atoms with van der Waals surface area (Å²) in [4.78, 5) is 28.3. The molecule has 0 radical (unpaired) electrons. The molecule has 0 atom stereocenters. The smallest absolute Gasteiger partial charge is 0.263 e. The number of nitrogens with zero attached hydrogens (tertiary/aromatic N) is 2. The minimum atomic E-state index is -0.409. The Morgan fingerprint density at radius 3 is 2.68 bits per heavy atom. The minimum Gasteiger partial charge on any atom is -0.454 e. The number of pyridine rings is 1. The molecule has 0 spiro atoms. The van der Waals surface area contributed by atoms with Crippen LogP contribution >= 0.6 is 0 Å². The fourth-order valence-corrected chi connectivity index (χ4v) is 3.61. The van der Waals surface area contributed by atoms with Crippen LogP contribution in [0.3, 0.4) is 0 Å². The van der Waals surface area contributed by atoms with Gasteiger partial charge in [-0.15, -0.1) is 0 Å². The topological polar surface area (TPSA) is 72.8 Å². The maximum atomic E-state index is 13.2. The number of hydrogen-bond donors (Lipinski definition) is 1. The maximum absolute atomic E-state index is 13.2. The molecule has 1 aliphatic rings. The molecule has 1 aromatic heterocycles. The van der Waals surface area contributed by atoms with Crippen LogP contribution in [0.25, 0.3) is 0 Å². The van der Waals surface area contributed by atoms with Crippen LogP contribution in [0.4, 0.5) is 5.69 Å². The molecule has 0 unspecified atom stereocenters. The quantitative estimate of drug-likeness (QED) is 0.664. The fraction of sp³-hybridized carbons (Fsp3) is 0.250. The number of para-hydroxylation sites is 1. The van der Waals surface area contributed by atoms with E-state index in [0.29, 0.717) is 35.8 Å². The number of rotatable bonds is 6. The number of amides is 1. The van der Waals surface area contributed by atoms with Crippen molar-refractivity contribution >= 4 is 11.6 Å². The third-order valence-electron chi connectivity index (χ3n) is 5.14. The highest BCUT2D eigenvalue weighted by Crippen LogP contribution is 2.32. The summed E-state index contributed by atoms with van der Waals surface area (Å²) in [6, 6.07) is 15.0. The number of anilines is 1. The van der Waals surface area contributed by atoms with E-state index in [4.69, 9.17) is 9.47 Å². The highest BCUT2D eigenvalue weighted by molar-refractivity contribution is 6.05. The van der Waals surface area contributed by atoms with E-state index in [-0.39, 0.29) is 17.9 Å². The first-order valence-electron chi connectivity index (χ1n) is 10.0. The van der Waals surface area contributed by atoms with Crippen LogP contribution in [0.2, 0.25) is 0 Å². The summed E-state index contributed by atoms with van der Waals surface area (Å²) in [6.07, 6.45) is 1.71. The lowest BCUT2D eigenvalue weighted by Crippen LogP contribution is -2.30. The number of carbonyl (C=O) groups excluding carboxylic acids is 1. The van der Waals surface area contributed by atoms with Crippen molar-refractivity contribution in [2.45, 2.75) is 20.0 Å². The number of carbonyl (C=O) groups is 1. The van der Waals surface area contributed by atoms with E-state index in [0.717, 1.165) is 11.1 Å². The predicted octanol–water partition coefficient (Wildman–Crippen LogP) is 3.25. The first-order valence-corrected chi connectivity index (χ1v) is 10.0. The van der Waals surface area contributed by atoms with Crippen LogP contribution in [-0.4, -0.2) is 36.3 Å². The molecule has 0 fully saturated rings. The third-order valence-corrected chi connectivity index (χ3v) is 5.14. The van der Waals surface area contributed by atoms with Gasteiger partial charge in [-0.25, -0.2) is 0 Å². The second-order valence-corrected chi connectivity index (χ2v) is 7.84. The summed E-state index contributed by atoms with van der Waals surface area (Å²) in [5.41, 5.74) is 3.01. The Morgan fingerprint density at radius 2 is 1.87 bits per heavy atom. The van der Waals surface area contributed by atoms with Gasteiger partial charge < -0.3 is 24.3 Å². The van der Waals surface area contributed by atoms with Crippen molar-refractivity contribution in [2.24, 2.45) is 0 Å². The largest absolute Gasteiger partial charge is 0.454 e. The number of benzene rings is 2. The van der Waals surface area contributed by atoms with Crippen molar-refractivity contribution in [1.29, 1.82) is 0 Å². The summed E-state index contributed by atoms with van der Waals surface area (Å²) in [5.74, 6) is 0.943. The van der Waals surface area contributed by atoms with Gasteiger partial charge in [0.05, 0.1) is 6.54 Å². The molecule has 160 valence electrons. The highest BCUT2D eigenvalue weighted by atomic mass is 16.7. The molecule has 1 aliphatic heterocycles. The van der Waals surface area contributed by atoms with Crippen LogP contribution in [0.1, 0.15) is 27.0 Å². The van der Waals surface area contributed by atoms with Gasteiger partial charge in [-0.2, -0.15) is 0 Å². The van der Waals surface area contributed by atoms with Crippen LogP contribution in [-0.2, 0) is 13.1 Å². The van der Waals surface area contributed by atoms with Crippen molar-refractivity contribution in [3.05, 3.63) is 87.3 Å². The number of fused-ring (bicyclic) bond motifs is 1. The van der Waals surface area contributed by atoms with Gasteiger partial charge in [-0.05, 0) is 62.0 Å². The van der Waals surface area contributed by atoms with Gasteiger partial charge in [0.25, 0.3) is 11.5 Å². The Labute approximate surface area is 180 Å². The second-order valence-electron chi connectivity index (χ2n) is 7.84. The lowest BCUT2D eigenvalue weighted by atomic mass is 10.1. The van der Waals surface area contributed by atoms with Gasteiger partial charge in [0.1, 0.15) is 5.56 Å². The number of hydrogen-bond acceptors (Lipinski definition) is 5. The van der Waals surface area contributed by atoms with Crippen molar-refractivity contribution in [3.63, 3.8) is 0 Å². The molecule has 7 heteroatoms. The average Bonchev–Trinajstić information content (AvgIpc) is 3.19. The van der Waals surface area contributed by atoms with E-state index in [1.54, 1.807) is 19.2 Å². The first-order chi connectivity index (χ1) is 14.9. The molecule has 1 amide bonds. The van der Waals surface area contributed by atoms with Gasteiger partial charge in [0, 0.05) is 18.4 Å². The third kappa shape index (κ3) is 4.46. The standard InChI is InChI=1S/C24H25N3O4/c1-16-10-11-27(13-17-8-9-20-21(12-17)31-15-30-20)24(29)22(16)23(28)25-19-7-5-4-6-18(19)14-26(2)3/h4-12H,13-15H2,1-3H3,(H,25,28). The van der Waals surface area contributed by atoms with Gasteiger partial charge in [0.15, 0.2) is 11.5 Å². The van der Waals surface area contributed by atoms with Crippen molar-refractivity contribution in [2.75, 3.05) is 26.2 Å². The average molecular weight is 419 g/mol. The molecule has 2 aromatic carbocycles. The fourth-order valence-electron chi connectivity index (χ4n) is 3.61. The molecule has 1 N–H and O–H groups in total. The SMILES string of the molecule is Cc1ccn(Cc2ccc3c(c2)OCO3)c(=O)c1C(=O)Nc1ccccc1CN(C)C. The zero-order chi connectivity index (χ0) is 22.0. The van der Waals surface area contributed by atoms with Gasteiger partial charge in [-0.3, -0.25) is 9.59 Å². The van der Waals surface area contributed by atoms with E-state index >= 15 is 0 Å². The summed E-state index contributed by atoms with van der Waals surface area (Å²) in [6.45, 7) is 2.97. The summed E-state index contributed by atoms with van der Waals surface area (Å²) >= 11 is 0. The Morgan fingerprint density at radius 1 is 1.10 bits per heavy atom. The molecule has 7 nitrogen and oxygen atoms in total. The van der Waals surface area contributed by atoms with Gasteiger partial charge in [-0.1, -0.05) is 24.3 Å². The summed E-state index contributed by atoms with van der Waals surface area (Å²) in [7, 11) is 3.93. The van der Waals surface area contributed by atoms with Crippen molar-refractivity contribution in [3.8, 4) is 11.5 Å². The minimum absolute atomic E-state index is 0.142. The number of aryl methyl sites for hydroxylation is 1. The first kappa shape index (κ1) is 20.7. The van der Waals surface area contributed by atoms with Gasteiger partial charge in [0.2, 0.25) is 6.79 Å². The lowest BCUT2D eigenvalue weighted by Gasteiger charge is -2.16. The van der Waals surface area contributed by atoms with Crippen molar-refractivity contribution in [1.82, 2.24) is 9.47 Å². The van der Waals surface area contributed by atoms with Gasteiger partial charge >= 0.3 is 0 Å². The van der Waals surface area contributed by atoms with E-state index in [1.165, 1.54) is 4.57 Å². The van der Waals surface area contributed by atoms with Crippen LogP contribution in [0.15, 0.2) is 59.5 Å². The Bertz CT molecular complexity index is 1180. The maximum Gasteiger partial charge on any atom is 0.263 e. The number of aromatic nitrogens is 1. The van der Waals surface area contributed by atoms with E-state index in [9.17, 15) is 9.59 Å². The Kier molecular flexibility index (Phi) is 5.77. The Hall–Kier alpha value is -3.58. The zero-order valence-corrected chi connectivity index (χ0v) is 17.8. The summed E-state index contributed by atoms with van der Waals surface area (Å²) < 4.78 is 12.3. The summed E-state index contributed by atoms with van der Waals surface area (Å²) in [5, 5.41) is 2.92. The molecule has 3 aromatic rings. The zero-order valence-electron chi connectivity index (χ0n) is 17.8. The predicted molar refractivity (Wildman–Crippen MR) is 119 cm³/mol. The molecule has 0 saturated carbocycles. The molecule has 2 heterocycles. The molecular formula is C24H25N3O4. The highest BCUT2D eigenvalue weighted by Gasteiger charge is 2.18. The van der Waals surface area contributed by atoms with E-state index in [1.807, 2.05) is 61.5 Å². The normalized spacial score (nSPS) is 12.3. The monoisotopic (exact) mass is 419 g/mol. The molecule has 0 bridgehead atoms. The van der Waals surface area contributed by atoms with Crippen LogP contribution < -0.4 is 20.3 Å². The molecule has 4 rings (SSSR count). The number of nitrogens with one attached hydrogen (secondary N) is 1. The van der Waals surface area contributed by atoms with E-state index in [2.05, 4.69) is 5.32 Å². The van der Waals surface area contributed by atoms with Crippen LogP contribution in [0.5, 0.6) is 11.5 Å². The van der Waals surface area contributed by atoms with Crippen molar-refractivity contribution < 1.29 is 14.3 Å².